The number of carbonyl (C=O) groups excluding carboxylic acids is 1. The van der Waals surface area contributed by atoms with Crippen molar-refractivity contribution in [3.05, 3.63) is 41.2 Å². The molecule has 7 heteroatoms. The van der Waals surface area contributed by atoms with E-state index in [-0.39, 0.29) is 12.1 Å². The van der Waals surface area contributed by atoms with Gasteiger partial charge in [-0.2, -0.15) is 0 Å². The molecule has 0 aliphatic carbocycles. The molecule has 3 heterocycles. The van der Waals surface area contributed by atoms with Crippen molar-refractivity contribution in [1.29, 1.82) is 0 Å². The molecule has 2 fully saturated rings. The maximum Gasteiger partial charge on any atom is 0.321 e. The monoisotopic (exact) mass is 395 g/mol. The van der Waals surface area contributed by atoms with Gasteiger partial charge < -0.3 is 19.9 Å². The van der Waals surface area contributed by atoms with Crippen LogP contribution >= 0.6 is 0 Å². The SMILES string of the molecule is Cc1cc(C)c(NC(=O)N2CCC(Oc3cc(N4CCCC4)ncn3)C2)c(C)c1. The number of hydrogen-bond acceptors (Lipinski definition) is 5. The smallest absolute Gasteiger partial charge is 0.321 e. The first kappa shape index (κ1) is 19.5. The fraction of sp³-hybridized carbons (Fsp3) is 0.500. The van der Waals surface area contributed by atoms with Crippen LogP contribution in [0.1, 0.15) is 36.0 Å². The van der Waals surface area contributed by atoms with E-state index in [1.807, 2.05) is 24.8 Å². The maximum atomic E-state index is 12.8. The van der Waals surface area contributed by atoms with E-state index in [0.29, 0.717) is 19.0 Å². The van der Waals surface area contributed by atoms with Crippen LogP contribution in [0.2, 0.25) is 0 Å². The standard InChI is InChI=1S/C22H29N5O2/c1-15-10-16(2)21(17(3)11-15)25-22(28)27-9-6-18(13-27)29-20-12-19(23-14-24-20)26-7-4-5-8-26/h10-12,14,18H,4-9,13H2,1-3H3,(H,25,28). The Balaban J connectivity index is 1.36. The van der Waals surface area contributed by atoms with Gasteiger partial charge in [-0.25, -0.2) is 14.8 Å². The summed E-state index contributed by atoms with van der Waals surface area (Å²) in [5.41, 5.74) is 4.26. The van der Waals surface area contributed by atoms with Gasteiger partial charge in [-0.3, -0.25) is 0 Å². The number of ether oxygens (including phenoxy) is 1. The molecule has 0 radical (unpaired) electrons. The van der Waals surface area contributed by atoms with Gasteiger partial charge in [-0.15, -0.1) is 0 Å². The Bertz CT molecular complexity index is 872. The number of hydrogen-bond donors (Lipinski definition) is 1. The predicted molar refractivity (Wildman–Crippen MR) is 114 cm³/mol. The first-order chi connectivity index (χ1) is 14.0. The maximum absolute atomic E-state index is 12.8. The third-order valence-corrected chi connectivity index (χ3v) is 5.69. The molecule has 2 amide bonds. The number of nitrogens with one attached hydrogen (secondary N) is 1. The Morgan fingerprint density at radius 1 is 1.07 bits per heavy atom. The molecule has 2 aliphatic rings. The van der Waals surface area contributed by atoms with Gasteiger partial charge in [0, 0.05) is 37.8 Å². The van der Waals surface area contributed by atoms with Gasteiger partial charge in [-0.1, -0.05) is 17.7 Å². The molecule has 2 aromatic rings. The first-order valence-corrected chi connectivity index (χ1v) is 10.4. The van der Waals surface area contributed by atoms with Crippen molar-refractivity contribution in [2.45, 2.75) is 46.1 Å². The van der Waals surface area contributed by atoms with Crippen molar-refractivity contribution in [3.63, 3.8) is 0 Å². The minimum absolute atomic E-state index is 0.0534. The molecule has 154 valence electrons. The lowest BCUT2D eigenvalue weighted by Crippen LogP contribution is -2.35. The Hall–Kier alpha value is -2.83. The average Bonchev–Trinajstić information content (AvgIpc) is 3.37. The molecule has 0 spiro atoms. The number of benzene rings is 1. The van der Waals surface area contributed by atoms with Crippen molar-refractivity contribution >= 4 is 17.5 Å². The number of anilines is 2. The van der Waals surface area contributed by atoms with E-state index >= 15 is 0 Å². The lowest BCUT2D eigenvalue weighted by atomic mass is 10.1. The molecule has 1 aromatic carbocycles. The Labute approximate surface area is 172 Å². The predicted octanol–water partition coefficient (Wildman–Crippen LogP) is 3.69. The van der Waals surface area contributed by atoms with Gasteiger partial charge in [0.05, 0.1) is 6.54 Å². The fourth-order valence-electron chi connectivity index (χ4n) is 4.26. The van der Waals surface area contributed by atoms with E-state index in [1.54, 1.807) is 6.33 Å². The number of rotatable bonds is 4. The quantitative estimate of drug-likeness (QED) is 0.855. The highest BCUT2D eigenvalue weighted by Crippen LogP contribution is 2.25. The summed E-state index contributed by atoms with van der Waals surface area (Å²) in [4.78, 5) is 25.5. The van der Waals surface area contributed by atoms with E-state index < -0.39 is 0 Å². The summed E-state index contributed by atoms with van der Waals surface area (Å²) >= 11 is 0. The summed E-state index contributed by atoms with van der Waals surface area (Å²) in [6.07, 6.45) is 4.70. The molecule has 4 rings (SSSR count). The number of amides is 2. The first-order valence-electron chi connectivity index (χ1n) is 10.4. The number of carbonyl (C=O) groups is 1. The van der Waals surface area contributed by atoms with Crippen LogP contribution in [0.5, 0.6) is 5.88 Å². The minimum atomic E-state index is -0.0772. The lowest BCUT2D eigenvalue weighted by molar-refractivity contribution is 0.189. The second-order valence-corrected chi connectivity index (χ2v) is 8.09. The largest absolute Gasteiger partial charge is 0.472 e. The molecule has 29 heavy (non-hydrogen) atoms. The van der Waals surface area contributed by atoms with E-state index in [1.165, 1.54) is 18.4 Å². The summed E-state index contributed by atoms with van der Waals surface area (Å²) in [5.74, 6) is 1.50. The van der Waals surface area contributed by atoms with Crippen LogP contribution in [0.4, 0.5) is 16.3 Å². The minimum Gasteiger partial charge on any atom is -0.472 e. The molecule has 2 aliphatic heterocycles. The summed E-state index contributed by atoms with van der Waals surface area (Å²) in [6.45, 7) is 9.41. The summed E-state index contributed by atoms with van der Waals surface area (Å²) in [7, 11) is 0. The van der Waals surface area contributed by atoms with E-state index in [2.05, 4.69) is 39.2 Å². The zero-order chi connectivity index (χ0) is 20.4. The number of aromatic nitrogens is 2. The van der Waals surface area contributed by atoms with Gasteiger partial charge in [0.25, 0.3) is 0 Å². The van der Waals surface area contributed by atoms with Crippen molar-refractivity contribution in [1.82, 2.24) is 14.9 Å². The highest BCUT2D eigenvalue weighted by atomic mass is 16.5. The van der Waals surface area contributed by atoms with Crippen molar-refractivity contribution in [2.75, 3.05) is 36.4 Å². The number of urea groups is 1. The van der Waals surface area contributed by atoms with Gasteiger partial charge >= 0.3 is 6.03 Å². The van der Waals surface area contributed by atoms with Crippen molar-refractivity contribution < 1.29 is 9.53 Å². The molecule has 2 saturated heterocycles. The van der Waals surface area contributed by atoms with Crippen LogP contribution in [0, 0.1) is 20.8 Å². The Morgan fingerprint density at radius 2 is 1.79 bits per heavy atom. The third kappa shape index (κ3) is 4.44. The van der Waals surface area contributed by atoms with Gasteiger partial charge in [-0.05, 0) is 44.7 Å². The molecule has 1 N–H and O–H groups in total. The lowest BCUT2D eigenvalue weighted by Gasteiger charge is -2.20. The topological polar surface area (TPSA) is 70.6 Å². The molecular formula is C22H29N5O2. The van der Waals surface area contributed by atoms with Gasteiger partial charge in [0.15, 0.2) is 0 Å². The summed E-state index contributed by atoms with van der Waals surface area (Å²) in [5, 5.41) is 3.08. The molecule has 0 bridgehead atoms. The van der Waals surface area contributed by atoms with Crippen molar-refractivity contribution in [2.24, 2.45) is 0 Å². The van der Waals surface area contributed by atoms with E-state index in [9.17, 15) is 4.79 Å². The zero-order valence-corrected chi connectivity index (χ0v) is 17.4. The normalized spacial score (nSPS) is 18.9. The molecule has 1 aromatic heterocycles. The average molecular weight is 396 g/mol. The Kier molecular flexibility index (Phi) is 5.56. The summed E-state index contributed by atoms with van der Waals surface area (Å²) in [6, 6.07) is 6.01. The van der Waals surface area contributed by atoms with E-state index in [4.69, 9.17) is 4.74 Å². The summed E-state index contributed by atoms with van der Waals surface area (Å²) < 4.78 is 6.07. The van der Waals surface area contributed by atoms with Crippen molar-refractivity contribution in [3.8, 4) is 5.88 Å². The number of nitrogens with zero attached hydrogens (tertiary/aromatic N) is 4. The van der Waals surface area contributed by atoms with Crippen LogP contribution in [0.3, 0.4) is 0 Å². The third-order valence-electron chi connectivity index (χ3n) is 5.69. The molecule has 0 saturated carbocycles. The zero-order valence-electron chi connectivity index (χ0n) is 17.4. The number of aryl methyl sites for hydroxylation is 3. The fourth-order valence-corrected chi connectivity index (χ4v) is 4.26. The molecular weight excluding hydrogens is 366 g/mol. The Morgan fingerprint density at radius 3 is 2.52 bits per heavy atom. The second-order valence-electron chi connectivity index (χ2n) is 8.09. The molecule has 1 atom stereocenters. The molecule has 1 unspecified atom stereocenters. The highest BCUT2D eigenvalue weighted by molar-refractivity contribution is 5.91. The van der Waals surface area contributed by atoms with Crippen LogP contribution in [-0.4, -0.2) is 53.2 Å². The van der Waals surface area contributed by atoms with E-state index in [0.717, 1.165) is 42.1 Å². The highest BCUT2D eigenvalue weighted by Gasteiger charge is 2.28. The van der Waals surface area contributed by atoms with Crippen LogP contribution in [-0.2, 0) is 0 Å². The number of likely N-dealkylation sites (tertiary alicyclic amines) is 1. The van der Waals surface area contributed by atoms with Gasteiger partial charge in [0.1, 0.15) is 18.2 Å². The van der Waals surface area contributed by atoms with Gasteiger partial charge in [0.2, 0.25) is 5.88 Å². The second kappa shape index (κ2) is 8.27. The van der Waals surface area contributed by atoms with Crippen LogP contribution in [0.25, 0.3) is 0 Å². The van der Waals surface area contributed by atoms with Crippen LogP contribution < -0.4 is 15.0 Å². The molecule has 7 nitrogen and oxygen atoms in total. The van der Waals surface area contributed by atoms with Crippen LogP contribution in [0.15, 0.2) is 24.5 Å².